The molecule has 0 aromatic heterocycles. The molecule has 5 nitrogen and oxygen atoms in total. The zero-order valence-corrected chi connectivity index (χ0v) is 9.94. The quantitative estimate of drug-likeness (QED) is 0.598. The van der Waals surface area contributed by atoms with Crippen molar-refractivity contribution in [2.75, 3.05) is 24.6 Å². The van der Waals surface area contributed by atoms with E-state index in [-0.39, 0.29) is 24.4 Å². The van der Waals surface area contributed by atoms with E-state index in [2.05, 4.69) is 16.0 Å². The zero-order valence-electron chi connectivity index (χ0n) is 9.12. The van der Waals surface area contributed by atoms with Crippen molar-refractivity contribution in [2.45, 2.75) is 24.9 Å². The molecule has 90 valence electrons. The van der Waals surface area contributed by atoms with Crippen LogP contribution in [0.3, 0.4) is 0 Å². The van der Waals surface area contributed by atoms with Crippen molar-refractivity contribution >= 4 is 23.6 Å². The second-order valence-corrected chi connectivity index (χ2v) is 5.29. The molecule has 16 heavy (non-hydrogen) atoms. The molecule has 1 atom stereocenters. The van der Waals surface area contributed by atoms with Gasteiger partial charge in [-0.25, -0.2) is 0 Å². The van der Waals surface area contributed by atoms with Gasteiger partial charge in [-0.2, -0.15) is 11.8 Å². The Morgan fingerprint density at radius 3 is 2.81 bits per heavy atom. The molecule has 1 unspecified atom stereocenters. The van der Waals surface area contributed by atoms with Crippen molar-refractivity contribution in [3.8, 4) is 0 Å². The lowest BCUT2D eigenvalue weighted by molar-refractivity contribution is -0.127. The number of hydrogen-bond acceptors (Lipinski definition) is 4. The van der Waals surface area contributed by atoms with Gasteiger partial charge in [0, 0.05) is 24.1 Å². The topological polar surface area (TPSA) is 70.2 Å². The van der Waals surface area contributed by atoms with Crippen LogP contribution in [-0.2, 0) is 9.59 Å². The summed E-state index contributed by atoms with van der Waals surface area (Å²) in [6.45, 7) is 0.954. The Kier molecular flexibility index (Phi) is 4.06. The molecule has 0 spiro atoms. The first-order valence-corrected chi connectivity index (χ1v) is 6.79. The zero-order chi connectivity index (χ0) is 11.4. The minimum absolute atomic E-state index is 0.0712. The van der Waals surface area contributed by atoms with Crippen LogP contribution in [0.15, 0.2) is 0 Å². The van der Waals surface area contributed by atoms with E-state index in [0.29, 0.717) is 6.04 Å². The lowest BCUT2D eigenvalue weighted by atomic mass is 10.3. The van der Waals surface area contributed by atoms with Gasteiger partial charge in [0.15, 0.2) is 0 Å². The number of hydrogen-bond donors (Lipinski definition) is 3. The maximum absolute atomic E-state index is 11.6. The highest BCUT2D eigenvalue weighted by atomic mass is 32.2. The van der Waals surface area contributed by atoms with Crippen LogP contribution in [0.2, 0.25) is 0 Å². The fourth-order valence-electron chi connectivity index (χ4n) is 1.53. The molecule has 2 amide bonds. The lowest BCUT2D eigenvalue weighted by Crippen LogP contribution is -2.50. The lowest BCUT2D eigenvalue weighted by Gasteiger charge is -2.22. The van der Waals surface area contributed by atoms with Crippen LogP contribution in [0, 0.1) is 0 Å². The van der Waals surface area contributed by atoms with Crippen molar-refractivity contribution in [3.05, 3.63) is 0 Å². The van der Waals surface area contributed by atoms with Gasteiger partial charge in [-0.3, -0.25) is 9.59 Å². The maximum atomic E-state index is 11.6. The van der Waals surface area contributed by atoms with Gasteiger partial charge in [0.1, 0.15) is 0 Å². The summed E-state index contributed by atoms with van der Waals surface area (Å²) in [4.78, 5) is 23.0. The van der Waals surface area contributed by atoms with Gasteiger partial charge in [0.05, 0.1) is 12.6 Å². The van der Waals surface area contributed by atoms with E-state index in [1.807, 2.05) is 0 Å². The predicted octanol–water partition coefficient (Wildman–Crippen LogP) is -0.914. The van der Waals surface area contributed by atoms with Gasteiger partial charge in [0.2, 0.25) is 11.8 Å². The molecule has 2 fully saturated rings. The number of amides is 2. The van der Waals surface area contributed by atoms with Crippen molar-refractivity contribution in [3.63, 3.8) is 0 Å². The Labute approximate surface area is 99.1 Å². The molecule has 0 radical (unpaired) electrons. The van der Waals surface area contributed by atoms with Gasteiger partial charge in [-0.05, 0) is 12.8 Å². The van der Waals surface area contributed by atoms with E-state index < -0.39 is 0 Å². The second-order valence-electron chi connectivity index (χ2n) is 4.14. The van der Waals surface area contributed by atoms with Crippen LogP contribution in [0.25, 0.3) is 0 Å². The van der Waals surface area contributed by atoms with Gasteiger partial charge in [-0.15, -0.1) is 0 Å². The summed E-state index contributed by atoms with van der Waals surface area (Å²) in [5, 5.41) is 8.62. The average molecular weight is 243 g/mol. The Hall–Kier alpha value is -0.750. The molecule has 1 heterocycles. The summed E-state index contributed by atoms with van der Waals surface area (Å²) in [5.41, 5.74) is 0. The number of rotatable bonds is 4. The molecule has 3 N–H and O–H groups in total. The van der Waals surface area contributed by atoms with Gasteiger partial charge < -0.3 is 16.0 Å². The van der Waals surface area contributed by atoms with Crippen LogP contribution >= 0.6 is 11.8 Å². The highest BCUT2D eigenvalue weighted by molar-refractivity contribution is 7.99. The van der Waals surface area contributed by atoms with Gasteiger partial charge >= 0.3 is 0 Å². The summed E-state index contributed by atoms with van der Waals surface area (Å²) in [6.07, 6.45) is 2.14. The third-order valence-corrected chi connectivity index (χ3v) is 3.67. The molecule has 1 aliphatic heterocycles. The van der Waals surface area contributed by atoms with Crippen molar-refractivity contribution in [1.29, 1.82) is 0 Å². The highest BCUT2D eigenvalue weighted by Crippen LogP contribution is 2.18. The van der Waals surface area contributed by atoms with E-state index in [1.165, 1.54) is 0 Å². The molecule has 1 aliphatic carbocycles. The first-order valence-electron chi connectivity index (χ1n) is 5.64. The Morgan fingerprint density at radius 2 is 2.19 bits per heavy atom. The summed E-state index contributed by atoms with van der Waals surface area (Å²) in [7, 11) is 0. The third-order valence-electron chi connectivity index (χ3n) is 2.60. The molecule has 6 heteroatoms. The van der Waals surface area contributed by atoms with Crippen molar-refractivity contribution in [2.24, 2.45) is 0 Å². The highest BCUT2D eigenvalue weighted by Gasteiger charge is 2.24. The largest absolute Gasteiger partial charge is 0.352 e. The first-order chi connectivity index (χ1) is 7.75. The molecule has 1 saturated heterocycles. The fourth-order valence-corrected chi connectivity index (χ4v) is 2.46. The number of carbonyl (C=O) groups is 2. The normalized spacial score (nSPS) is 24.9. The van der Waals surface area contributed by atoms with E-state index in [9.17, 15) is 9.59 Å². The molecule has 2 rings (SSSR count). The molecular formula is C10H17N3O2S. The maximum Gasteiger partial charge on any atom is 0.239 e. The van der Waals surface area contributed by atoms with E-state index in [4.69, 9.17) is 0 Å². The minimum Gasteiger partial charge on any atom is -0.352 e. The van der Waals surface area contributed by atoms with Crippen LogP contribution in [0.4, 0.5) is 0 Å². The molecule has 0 aromatic rings. The summed E-state index contributed by atoms with van der Waals surface area (Å²) >= 11 is 1.76. The SMILES string of the molecule is O=C(CNC(=O)C1CSCCN1)NC1CC1. The number of carbonyl (C=O) groups excluding carboxylic acids is 2. The van der Waals surface area contributed by atoms with Crippen LogP contribution in [-0.4, -0.2) is 48.5 Å². The Bertz CT molecular complexity index is 275. The number of thioether (sulfide) groups is 1. The standard InChI is InChI=1S/C10H17N3O2S/c14-9(13-7-1-2-7)5-12-10(15)8-6-16-4-3-11-8/h7-8,11H,1-6H2,(H,12,15)(H,13,14). The van der Waals surface area contributed by atoms with Gasteiger partial charge in [-0.1, -0.05) is 0 Å². The second kappa shape index (κ2) is 5.54. The van der Waals surface area contributed by atoms with E-state index in [1.54, 1.807) is 11.8 Å². The van der Waals surface area contributed by atoms with Gasteiger partial charge in [0.25, 0.3) is 0 Å². The summed E-state index contributed by atoms with van der Waals surface area (Å²) in [5.74, 6) is 1.68. The molecule has 2 aliphatic rings. The van der Waals surface area contributed by atoms with Crippen molar-refractivity contribution in [1.82, 2.24) is 16.0 Å². The fraction of sp³-hybridized carbons (Fsp3) is 0.800. The Balaban J connectivity index is 1.63. The summed E-state index contributed by atoms with van der Waals surface area (Å²) in [6, 6.07) is 0.209. The smallest absolute Gasteiger partial charge is 0.239 e. The molecular weight excluding hydrogens is 226 g/mol. The first kappa shape index (κ1) is 11.7. The minimum atomic E-state index is -0.146. The Morgan fingerprint density at radius 1 is 1.38 bits per heavy atom. The average Bonchev–Trinajstić information content (AvgIpc) is 3.11. The molecule has 1 saturated carbocycles. The molecule has 0 bridgehead atoms. The third kappa shape index (κ3) is 3.68. The van der Waals surface area contributed by atoms with Crippen molar-refractivity contribution < 1.29 is 9.59 Å². The molecule has 0 aromatic carbocycles. The monoisotopic (exact) mass is 243 g/mol. The van der Waals surface area contributed by atoms with Crippen LogP contribution < -0.4 is 16.0 Å². The predicted molar refractivity (Wildman–Crippen MR) is 63.3 cm³/mol. The number of nitrogens with one attached hydrogen (secondary N) is 3. The van der Waals surface area contributed by atoms with E-state index in [0.717, 1.165) is 30.9 Å². The van der Waals surface area contributed by atoms with E-state index >= 15 is 0 Å². The van der Waals surface area contributed by atoms with Crippen LogP contribution in [0.1, 0.15) is 12.8 Å². The van der Waals surface area contributed by atoms with Crippen LogP contribution in [0.5, 0.6) is 0 Å². The summed E-state index contributed by atoms with van der Waals surface area (Å²) < 4.78 is 0.